The number of carbonyl (C=O) groups excluding carboxylic acids is 1. The van der Waals surface area contributed by atoms with Crippen LogP contribution in [0.2, 0.25) is 5.02 Å². The van der Waals surface area contributed by atoms with Crippen molar-refractivity contribution in [2.45, 2.75) is 20.4 Å². The minimum Gasteiger partial charge on any atom is -0.457 e. The summed E-state index contributed by atoms with van der Waals surface area (Å²) in [6.45, 7) is 7.59. The normalized spacial score (nSPS) is 10.7. The number of aromatic nitrogens is 5. The summed E-state index contributed by atoms with van der Waals surface area (Å²) >= 11 is 6.21. The number of nitrogens with zero attached hydrogens (tertiary/aromatic N) is 5. The second-order valence-corrected chi connectivity index (χ2v) is 4.92. The highest BCUT2D eigenvalue weighted by Gasteiger charge is 2.19. The Balaban J connectivity index is 2.24. The highest BCUT2D eigenvalue weighted by Crippen LogP contribution is 2.20. The van der Waals surface area contributed by atoms with E-state index in [0.717, 1.165) is 11.4 Å². The predicted molar refractivity (Wildman–Crippen MR) is 77.3 cm³/mol. The van der Waals surface area contributed by atoms with E-state index in [1.54, 1.807) is 23.3 Å². The number of hydrogen-bond acceptors (Lipinski definition) is 5. The van der Waals surface area contributed by atoms with E-state index in [1.165, 1.54) is 6.08 Å². The first-order valence-electron chi connectivity index (χ1n) is 6.31. The van der Waals surface area contributed by atoms with Crippen molar-refractivity contribution < 1.29 is 9.53 Å². The van der Waals surface area contributed by atoms with Crippen molar-refractivity contribution in [3.05, 3.63) is 40.5 Å². The molecule has 0 amide bonds. The van der Waals surface area contributed by atoms with Gasteiger partial charge in [-0.3, -0.25) is 4.68 Å². The summed E-state index contributed by atoms with van der Waals surface area (Å²) in [5, 5.41) is 12.7. The van der Waals surface area contributed by atoms with Gasteiger partial charge in [-0.25, -0.2) is 9.48 Å². The molecule has 0 radical (unpaired) electrons. The van der Waals surface area contributed by atoms with Gasteiger partial charge in [-0.05, 0) is 13.8 Å². The molecule has 8 heteroatoms. The summed E-state index contributed by atoms with van der Waals surface area (Å²) in [5.74, 6) is -0.522. The van der Waals surface area contributed by atoms with Gasteiger partial charge in [0.15, 0.2) is 5.69 Å². The van der Waals surface area contributed by atoms with Crippen LogP contribution < -0.4 is 0 Å². The molecule has 0 saturated carbocycles. The summed E-state index contributed by atoms with van der Waals surface area (Å²) in [6, 6.07) is 0. The topological polar surface area (TPSA) is 74.8 Å². The zero-order chi connectivity index (χ0) is 15.6. The van der Waals surface area contributed by atoms with Crippen LogP contribution in [-0.2, 0) is 18.3 Å². The lowest BCUT2D eigenvalue weighted by Gasteiger charge is -2.05. The third kappa shape index (κ3) is 2.97. The van der Waals surface area contributed by atoms with Gasteiger partial charge >= 0.3 is 5.97 Å². The van der Waals surface area contributed by atoms with E-state index in [2.05, 4.69) is 22.0 Å². The van der Waals surface area contributed by atoms with Crippen LogP contribution in [0.25, 0.3) is 0 Å². The van der Waals surface area contributed by atoms with Gasteiger partial charge in [-0.1, -0.05) is 29.5 Å². The maximum Gasteiger partial charge on any atom is 0.361 e. The Morgan fingerprint density at radius 1 is 1.48 bits per heavy atom. The van der Waals surface area contributed by atoms with Crippen LogP contribution in [0.4, 0.5) is 0 Å². The van der Waals surface area contributed by atoms with Gasteiger partial charge in [0.1, 0.15) is 6.61 Å². The minimum atomic E-state index is -0.522. The molecule has 112 valence electrons. The lowest BCUT2D eigenvalue weighted by molar-refractivity contribution is 0.0542. The van der Waals surface area contributed by atoms with Gasteiger partial charge in [0.25, 0.3) is 0 Å². The van der Waals surface area contributed by atoms with Gasteiger partial charge < -0.3 is 4.74 Å². The minimum absolute atomic E-state index is 0.137. The largest absolute Gasteiger partial charge is 0.457 e. The predicted octanol–water partition coefficient (Wildman–Crippen LogP) is 1.67. The third-order valence-corrected chi connectivity index (χ3v) is 3.56. The molecule has 7 nitrogen and oxygen atoms in total. The molecule has 0 unspecified atom stereocenters. The Labute approximate surface area is 127 Å². The van der Waals surface area contributed by atoms with Crippen molar-refractivity contribution in [2.24, 2.45) is 7.05 Å². The van der Waals surface area contributed by atoms with Crippen LogP contribution >= 0.6 is 11.6 Å². The number of ether oxygens (including phenoxy) is 1. The molecular weight excluding hydrogens is 294 g/mol. The van der Waals surface area contributed by atoms with Crippen LogP contribution in [0.5, 0.6) is 0 Å². The fraction of sp³-hybridized carbons (Fsp3) is 0.385. The molecule has 2 rings (SSSR count). The molecule has 21 heavy (non-hydrogen) atoms. The Kier molecular flexibility index (Phi) is 4.42. The summed E-state index contributed by atoms with van der Waals surface area (Å²) in [6.07, 6.45) is 1.50. The smallest absolute Gasteiger partial charge is 0.361 e. The highest BCUT2D eigenvalue weighted by molar-refractivity contribution is 6.31. The molecule has 2 aromatic rings. The van der Waals surface area contributed by atoms with Crippen LogP contribution in [-0.4, -0.2) is 37.4 Å². The number of rotatable bonds is 5. The molecule has 0 aliphatic heterocycles. The number of esters is 1. The molecule has 0 aromatic carbocycles. The standard InChI is InChI=1S/C13H16ClN5O2/c1-5-6-21-13(20)12-9(3)19(17-15-12)7-10-11(14)8(2)16-18(10)4/h5H,1,6-7H2,2-4H3. The van der Waals surface area contributed by atoms with E-state index >= 15 is 0 Å². The first kappa shape index (κ1) is 15.2. The number of hydrogen-bond donors (Lipinski definition) is 0. The summed E-state index contributed by atoms with van der Waals surface area (Å²) in [7, 11) is 1.81. The molecule has 0 aliphatic rings. The highest BCUT2D eigenvalue weighted by atomic mass is 35.5. The Morgan fingerprint density at radius 3 is 2.76 bits per heavy atom. The third-order valence-electron chi connectivity index (χ3n) is 3.07. The molecule has 0 saturated heterocycles. The molecule has 0 fully saturated rings. The van der Waals surface area contributed by atoms with Gasteiger partial charge in [-0.2, -0.15) is 5.10 Å². The van der Waals surface area contributed by atoms with Crippen molar-refractivity contribution in [3.8, 4) is 0 Å². The maximum absolute atomic E-state index is 11.8. The monoisotopic (exact) mass is 309 g/mol. The van der Waals surface area contributed by atoms with Crippen molar-refractivity contribution in [1.29, 1.82) is 0 Å². The van der Waals surface area contributed by atoms with Crippen LogP contribution in [0, 0.1) is 13.8 Å². The number of aryl methyl sites for hydroxylation is 2. The van der Waals surface area contributed by atoms with E-state index in [9.17, 15) is 4.79 Å². The summed E-state index contributed by atoms with van der Waals surface area (Å²) in [5.41, 5.74) is 2.34. The Morgan fingerprint density at radius 2 is 2.19 bits per heavy atom. The Bertz CT molecular complexity index is 689. The van der Waals surface area contributed by atoms with Gasteiger partial charge in [0.2, 0.25) is 0 Å². The first-order chi connectivity index (χ1) is 9.95. The van der Waals surface area contributed by atoms with Gasteiger partial charge in [-0.15, -0.1) is 5.10 Å². The van der Waals surface area contributed by atoms with E-state index < -0.39 is 5.97 Å². The summed E-state index contributed by atoms with van der Waals surface area (Å²) in [4.78, 5) is 11.8. The SMILES string of the molecule is C=CCOC(=O)c1nnn(Cc2c(Cl)c(C)nn2C)c1C. The van der Waals surface area contributed by atoms with Crippen molar-refractivity contribution >= 4 is 17.6 Å². The quantitative estimate of drug-likeness (QED) is 0.620. The van der Waals surface area contributed by atoms with E-state index in [4.69, 9.17) is 16.3 Å². The number of carbonyl (C=O) groups is 1. The molecule has 0 atom stereocenters. The molecule has 2 heterocycles. The zero-order valence-corrected chi connectivity index (χ0v) is 12.9. The van der Waals surface area contributed by atoms with Crippen molar-refractivity contribution in [2.75, 3.05) is 6.61 Å². The van der Waals surface area contributed by atoms with Crippen LogP contribution in [0.1, 0.15) is 27.6 Å². The fourth-order valence-corrected chi connectivity index (χ4v) is 2.12. The molecular formula is C13H16ClN5O2. The lowest BCUT2D eigenvalue weighted by atomic mass is 10.3. The second-order valence-electron chi connectivity index (χ2n) is 4.54. The van der Waals surface area contributed by atoms with Crippen molar-refractivity contribution in [3.63, 3.8) is 0 Å². The molecule has 0 spiro atoms. The van der Waals surface area contributed by atoms with Crippen molar-refractivity contribution in [1.82, 2.24) is 24.8 Å². The zero-order valence-electron chi connectivity index (χ0n) is 12.1. The van der Waals surface area contributed by atoms with Crippen LogP contribution in [0.3, 0.4) is 0 Å². The Hall–Kier alpha value is -2.15. The second kappa shape index (κ2) is 6.09. The fourth-order valence-electron chi connectivity index (χ4n) is 1.90. The first-order valence-corrected chi connectivity index (χ1v) is 6.69. The average molecular weight is 310 g/mol. The molecule has 0 N–H and O–H groups in total. The van der Waals surface area contributed by atoms with Gasteiger partial charge in [0.05, 0.1) is 28.6 Å². The molecule has 2 aromatic heterocycles. The molecule has 0 bridgehead atoms. The molecule has 0 aliphatic carbocycles. The summed E-state index contributed by atoms with van der Waals surface area (Å²) < 4.78 is 8.24. The van der Waals surface area contributed by atoms with E-state index in [-0.39, 0.29) is 12.3 Å². The van der Waals surface area contributed by atoms with E-state index in [1.807, 2.05) is 6.92 Å². The lowest BCUT2D eigenvalue weighted by Crippen LogP contribution is -2.11. The average Bonchev–Trinajstić information content (AvgIpc) is 2.92. The van der Waals surface area contributed by atoms with Gasteiger partial charge in [0, 0.05) is 7.05 Å². The van der Waals surface area contributed by atoms with Crippen LogP contribution in [0.15, 0.2) is 12.7 Å². The maximum atomic E-state index is 11.8. The number of halogens is 1. The van der Waals surface area contributed by atoms with E-state index in [0.29, 0.717) is 17.3 Å².